The van der Waals surface area contributed by atoms with E-state index in [0.717, 1.165) is 0 Å². The van der Waals surface area contributed by atoms with Gasteiger partial charge in [0.25, 0.3) is 0 Å². The van der Waals surface area contributed by atoms with Crippen molar-refractivity contribution in [3.63, 3.8) is 0 Å². The predicted octanol–water partition coefficient (Wildman–Crippen LogP) is 3.16. The molecule has 0 radical (unpaired) electrons. The molecule has 0 bridgehead atoms. The highest BCUT2D eigenvalue weighted by atomic mass is 35.5. The van der Waals surface area contributed by atoms with Gasteiger partial charge in [0.1, 0.15) is 5.75 Å². The van der Waals surface area contributed by atoms with Gasteiger partial charge in [-0.25, -0.2) is 4.98 Å². The highest BCUT2D eigenvalue weighted by Gasteiger charge is 2.14. The molecule has 2 N–H and O–H groups in total. The van der Waals surface area contributed by atoms with Crippen molar-refractivity contribution in [2.75, 3.05) is 19.1 Å². The number of thioether (sulfide) groups is 1. The second kappa shape index (κ2) is 5.81. The summed E-state index contributed by atoms with van der Waals surface area (Å²) >= 11 is 13.5. The summed E-state index contributed by atoms with van der Waals surface area (Å²) in [4.78, 5) is 12.3. The summed E-state index contributed by atoms with van der Waals surface area (Å²) in [6.45, 7) is 0. The van der Waals surface area contributed by atoms with Crippen LogP contribution in [0.25, 0.3) is 11.4 Å². The van der Waals surface area contributed by atoms with E-state index >= 15 is 0 Å². The second-order valence-corrected chi connectivity index (χ2v) is 5.06. The van der Waals surface area contributed by atoms with Crippen molar-refractivity contribution >= 4 is 40.9 Å². The molecule has 0 unspecified atom stereocenters. The minimum absolute atomic E-state index is 0.138. The van der Waals surface area contributed by atoms with Crippen LogP contribution in [0.1, 0.15) is 0 Å². The van der Waals surface area contributed by atoms with Gasteiger partial charge < -0.3 is 10.5 Å². The van der Waals surface area contributed by atoms with Gasteiger partial charge in [0.05, 0.1) is 17.2 Å². The van der Waals surface area contributed by atoms with Gasteiger partial charge in [0, 0.05) is 5.56 Å². The minimum Gasteiger partial charge on any atom is -0.495 e. The number of nitrogen functional groups attached to an aromatic ring is 1. The maximum Gasteiger partial charge on any atom is 0.224 e. The molecular formula is C11H10Cl2N4OS. The Kier molecular flexibility index (Phi) is 4.34. The molecule has 0 fully saturated rings. The van der Waals surface area contributed by atoms with E-state index in [1.165, 1.54) is 18.9 Å². The molecule has 0 aliphatic heterocycles. The number of anilines is 1. The first-order chi connectivity index (χ1) is 9.05. The van der Waals surface area contributed by atoms with Crippen LogP contribution in [-0.2, 0) is 0 Å². The first-order valence-corrected chi connectivity index (χ1v) is 7.12. The molecule has 8 heteroatoms. The molecule has 0 saturated heterocycles. The number of ether oxygens (including phenoxy) is 1. The van der Waals surface area contributed by atoms with Gasteiger partial charge in [-0.1, -0.05) is 35.0 Å². The molecule has 19 heavy (non-hydrogen) atoms. The summed E-state index contributed by atoms with van der Waals surface area (Å²) in [6, 6.07) is 3.25. The van der Waals surface area contributed by atoms with E-state index in [9.17, 15) is 0 Å². The first kappa shape index (κ1) is 14.2. The van der Waals surface area contributed by atoms with Crippen molar-refractivity contribution in [2.24, 2.45) is 0 Å². The van der Waals surface area contributed by atoms with Gasteiger partial charge in [-0.3, -0.25) is 0 Å². The fraction of sp³-hybridized carbons (Fsp3) is 0.182. The molecule has 0 atom stereocenters. The Morgan fingerprint density at radius 2 is 1.89 bits per heavy atom. The fourth-order valence-corrected chi connectivity index (χ4v) is 2.35. The molecule has 1 heterocycles. The van der Waals surface area contributed by atoms with Gasteiger partial charge in [0.2, 0.25) is 5.95 Å². The van der Waals surface area contributed by atoms with Crippen molar-refractivity contribution in [1.82, 2.24) is 15.0 Å². The van der Waals surface area contributed by atoms with Gasteiger partial charge in [-0.15, -0.1) is 0 Å². The summed E-state index contributed by atoms with van der Waals surface area (Å²) in [7, 11) is 1.52. The Morgan fingerprint density at radius 3 is 2.53 bits per heavy atom. The van der Waals surface area contributed by atoms with Crippen molar-refractivity contribution in [3.8, 4) is 17.1 Å². The minimum atomic E-state index is 0.138. The Bertz CT molecular complexity index is 624. The van der Waals surface area contributed by atoms with E-state index < -0.39 is 0 Å². The van der Waals surface area contributed by atoms with Crippen LogP contribution in [0, 0.1) is 0 Å². The third-order valence-corrected chi connectivity index (χ3v) is 3.45. The van der Waals surface area contributed by atoms with Crippen molar-refractivity contribution in [3.05, 3.63) is 22.2 Å². The number of hydrogen-bond donors (Lipinski definition) is 1. The molecule has 1 aromatic carbocycles. The van der Waals surface area contributed by atoms with Crippen molar-refractivity contribution in [1.29, 1.82) is 0 Å². The van der Waals surface area contributed by atoms with Crippen LogP contribution in [0.15, 0.2) is 17.3 Å². The normalized spacial score (nSPS) is 10.5. The van der Waals surface area contributed by atoms with E-state index in [1.54, 1.807) is 12.1 Å². The number of nitrogens with two attached hydrogens (primary N) is 1. The Labute approximate surface area is 124 Å². The van der Waals surface area contributed by atoms with E-state index in [-0.39, 0.29) is 5.95 Å². The molecular weight excluding hydrogens is 307 g/mol. The molecule has 1 aromatic heterocycles. The highest BCUT2D eigenvalue weighted by Crippen LogP contribution is 2.35. The molecule has 5 nitrogen and oxygen atoms in total. The van der Waals surface area contributed by atoms with Gasteiger partial charge in [0.15, 0.2) is 11.0 Å². The number of rotatable bonds is 3. The van der Waals surface area contributed by atoms with Crippen LogP contribution in [0.5, 0.6) is 5.75 Å². The number of nitrogens with zero attached hydrogens (tertiary/aromatic N) is 3. The maximum atomic E-state index is 6.15. The molecule has 0 amide bonds. The molecule has 2 aromatic rings. The molecule has 2 rings (SSSR count). The molecule has 100 valence electrons. The van der Waals surface area contributed by atoms with E-state index in [2.05, 4.69) is 15.0 Å². The Hall–Kier alpha value is -1.24. The third-order valence-electron chi connectivity index (χ3n) is 2.30. The number of hydrogen-bond acceptors (Lipinski definition) is 6. The lowest BCUT2D eigenvalue weighted by Crippen LogP contribution is -2.01. The summed E-state index contributed by atoms with van der Waals surface area (Å²) < 4.78 is 5.15. The SMILES string of the molecule is COc1cc(-c2nc(N)nc(SC)n2)c(Cl)cc1Cl. The number of aromatic nitrogens is 3. The molecule has 0 aliphatic rings. The number of benzene rings is 1. The summed E-state index contributed by atoms with van der Waals surface area (Å²) in [5, 5.41) is 1.36. The predicted molar refractivity (Wildman–Crippen MR) is 78.0 cm³/mol. The number of halogens is 2. The highest BCUT2D eigenvalue weighted by molar-refractivity contribution is 7.98. The molecule has 0 aliphatic carbocycles. The topological polar surface area (TPSA) is 73.9 Å². The third kappa shape index (κ3) is 3.02. The Balaban J connectivity index is 2.61. The van der Waals surface area contributed by atoms with Crippen LogP contribution >= 0.6 is 35.0 Å². The zero-order chi connectivity index (χ0) is 14.0. The lowest BCUT2D eigenvalue weighted by atomic mass is 10.2. The second-order valence-electron chi connectivity index (χ2n) is 3.47. The van der Waals surface area contributed by atoms with Crippen LogP contribution < -0.4 is 10.5 Å². The summed E-state index contributed by atoms with van der Waals surface area (Å²) in [6.07, 6.45) is 1.85. The standard InChI is InChI=1S/C11H10Cl2N4OS/c1-18-8-3-5(6(12)4-7(8)13)9-15-10(14)17-11(16-9)19-2/h3-4H,1-2H3,(H2,14,15,16,17). The Morgan fingerprint density at radius 1 is 1.16 bits per heavy atom. The van der Waals surface area contributed by atoms with Gasteiger partial charge in [-0.2, -0.15) is 9.97 Å². The zero-order valence-corrected chi connectivity index (χ0v) is 12.5. The lowest BCUT2D eigenvalue weighted by molar-refractivity contribution is 0.415. The van der Waals surface area contributed by atoms with E-state index in [4.69, 9.17) is 33.7 Å². The van der Waals surface area contributed by atoms with Gasteiger partial charge in [-0.05, 0) is 18.4 Å². The van der Waals surface area contributed by atoms with E-state index in [1.807, 2.05) is 6.26 Å². The molecule has 0 saturated carbocycles. The van der Waals surface area contributed by atoms with Crippen molar-refractivity contribution in [2.45, 2.75) is 5.16 Å². The van der Waals surface area contributed by atoms with Gasteiger partial charge >= 0.3 is 0 Å². The zero-order valence-electron chi connectivity index (χ0n) is 10.1. The average Bonchev–Trinajstić information content (AvgIpc) is 2.38. The van der Waals surface area contributed by atoms with Crippen LogP contribution in [0.2, 0.25) is 10.0 Å². The largest absolute Gasteiger partial charge is 0.495 e. The molecule has 0 spiro atoms. The maximum absolute atomic E-state index is 6.15. The van der Waals surface area contributed by atoms with E-state index in [0.29, 0.717) is 32.3 Å². The first-order valence-electron chi connectivity index (χ1n) is 5.14. The van der Waals surface area contributed by atoms with Crippen molar-refractivity contribution < 1.29 is 4.74 Å². The average molecular weight is 317 g/mol. The monoisotopic (exact) mass is 316 g/mol. The van der Waals surface area contributed by atoms with Crippen LogP contribution in [-0.4, -0.2) is 28.3 Å². The van der Waals surface area contributed by atoms with Crippen LogP contribution in [0.3, 0.4) is 0 Å². The lowest BCUT2D eigenvalue weighted by Gasteiger charge is -2.09. The fourth-order valence-electron chi connectivity index (χ4n) is 1.44. The van der Waals surface area contributed by atoms with Crippen LogP contribution in [0.4, 0.5) is 5.95 Å². The summed E-state index contributed by atoms with van der Waals surface area (Å²) in [5.41, 5.74) is 6.24. The summed E-state index contributed by atoms with van der Waals surface area (Å²) in [5.74, 6) is 1.02. The quantitative estimate of drug-likeness (QED) is 0.877. The smallest absolute Gasteiger partial charge is 0.224 e. The number of methoxy groups -OCH3 is 1.